The number of carbonyl (C=O) groups excluding carboxylic acids is 1. The Kier molecular flexibility index (Phi) is 4.55. The second-order valence-electron chi connectivity index (χ2n) is 5.44. The fraction of sp³-hybridized carbons (Fsp3) is 0.667. The first kappa shape index (κ1) is 14.0. The van der Waals surface area contributed by atoms with E-state index in [1.165, 1.54) is 17.6 Å². The van der Waals surface area contributed by atoms with Crippen molar-refractivity contribution in [1.82, 2.24) is 0 Å². The van der Waals surface area contributed by atoms with Crippen LogP contribution in [0, 0.1) is 11.3 Å². The number of hydrogen-bond donors (Lipinski definition) is 0. The van der Waals surface area contributed by atoms with Gasteiger partial charge in [-0.25, -0.2) is 4.79 Å². The van der Waals surface area contributed by atoms with Gasteiger partial charge < -0.3 is 4.74 Å². The van der Waals surface area contributed by atoms with Crippen molar-refractivity contribution in [3.8, 4) is 0 Å². The van der Waals surface area contributed by atoms with Gasteiger partial charge in [-0.05, 0) is 43.6 Å². The molecule has 0 N–H and O–H groups in total. The highest BCUT2D eigenvalue weighted by Gasteiger charge is 2.33. The zero-order valence-corrected chi connectivity index (χ0v) is 11.7. The van der Waals surface area contributed by atoms with Crippen molar-refractivity contribution in [2.24, 2.45) is 11.3 Å². The molecule has 0 aromatic heterocycles. The molecule has 1 aliphatic rings. The van der Waals surface area contributed by atoms with Gasteiger partial charge in [0.1, 0.15) is 0 Å². The summed E-state index contributed by atoms with van der Waals surface area (Å²) in [6, 6.07) is 0. The van der Waals surface area contributed by atoms with Gasteiger partial charge in [0.2, 0.25) is 0 Å². The van der Waals surface area contributed by atoms with E-state index in [9.17, 15) is 4.79 Å². The SMILES string of the molecule is CCOC(=O)/C=C\C1=C(C)CCC(C)C1(C)C. The molecule has 0 fully saturated rings. The van der Waals surface area contributed by atoms with Crippen molar-refractivity contribution in [1.29, 1.82) is 0 Å². The molecular formula is C15H24O2. The van der Waals surface area contributed by atoms with Crippen LogP contribution in [0.1, 0.15) is 47.5 Å². The van der Waals surface area contributed by atoms with Gasteiger partial charge in [0.25, 0.3) is 0 Å². The van der Waals surface area contributed by atoms with Crippen molar-refractivity contribution in [2.75, 3.05) is 6.61 Å². The maximum Gasteiger partial charge on any atom is 0.330 e. The summed E-state index contributed by atoms with van der Waals surface area (Å²) in [6.45, 7) is 11.2. The lowest BCUT2D eigenvalue weighted by molar-refractivity contribution is -0.137. The van der Waals surface area contributed by atoms with Crippen LogP contribution in [0.4, 0.5) is 0 Å². The fourth-order valence-corrected chi connectivity index (χ4v) is 2.44. The van der Waals surface area contributed by atoms with E-state index in [1.54, 1.807) is 6.08 Å². The Bertz CT molecular complexity index is 348. The summed E-state index contributed by atoms with van der Waals surface area (Å²) < 4.78 is 4.91. The molecule has 2 nitrogen and oxygen atoms in total. The Morgan fingerprint density at radius 3 is 2.76 bits per heavy atom. The first-order valence-electron chi connectivity index (χ1n) is 6.44. The lowest BCUT2D eigenvalue weighted by Crippen LogP contribution is -2.28. The molecule has 1 unspecified atom stereocenters. The standard InChI is InChI=1S/C15H24O2/c1-6-17-14(16)10-9-13-11(2)7-8-12(3)15(13,4)5/h9-10,12H,6-8H2,1-5H3/b10-9-. The zero-order valence-electron chi connectivity index (χ0n) is 11.7. The molecule has 0 saturated heterocycles. The van der Waals surface area contributed by atoms with Gasteiger partial charge in [0, 0.05) is 6.08 Å². The molecule has 0 aliphatic heterocycles. The number of rotatable bonds is 3. The van der Waals surface area contributed by atoms with Gasteiger partial charge in [-0.15, -0.1) is 0 Å². The minimum atomic E-state index is -0.248. The minimum Gasteiger partial charge on any atom is -0.463 e. The van der Waals surface area contributed by atoms with Crippen molar-refractivity contribution in [2.45, 2.75) is 47.5 Å². The molecule has 0 saturated carbocycles. The molecule has 0 radical (unpaired) electrons. The fourth-order valence-electron chi connectivity index (χ4n) is 2.44. The van der Waals surface area contributed by atoms with E-state index in [1.807, 2.05) is 13.0 Å². The van der Waals surface area contributed by atoms with E-state index in [0.717, 1.165) is 6.42 Å². The van der Waals surface area contributed by atoms with Crippen molar-refractivity contribution in [3.63, 3.8) is 0 Å². The molecule has 96 valence electrons. The quantitative estimate of drug-likeness (QED) is 0.549. The molecule has 0 bridgehead atoms. The molecule has 2 heteroatoms. The maximum absolute atomic E-state index is 11.4. The van der Waals surface area contributed by atoms with E-state index in [-0.39, 0.29) is 11.4 Å². The third kappa shape index (κ3) is 3.21. The van der Waals surface area contributed by atoms with Crippen molar-refractivity contribution in [3.05, 3.63) is 23.3 Å². The summed E-state index contributed by atoms with van der Waals surface area (Å²) in [4.78, 5) is 11.4. The highest BCUT2D eigenvalue weighted by Crippen LogP contribution is 2.44. The van der Waals surface area contributed by atoms with Gasteiger partial charge in [-0.3, -0.25) is 0 Å². The van der Waals surface area contributed by atoms with E-state index in [2.05, 4.69) is 27.7 Å². The third-order valence-corrected chi connectivity index (χ3v) is 4.01. The van der Waals surface area contributed by atoms with Crippen LogP contribution in [-0.4, -0.2) is 12.6 Å². The number of esters is 1. The molecule has 1 aliphatic carbocycles. The van der Waals surface area contributed by atoms with Crippen LogP contribution in [0.15, 0.2) is 23.3 Å². The largest absolute Gasteiger partial charge is 0.463 e. The zero-order chi connectivity index (χ0) is 13.1. The van der Waals surface area contributed by atoms with Gasteiger partial charge in [-0.2, -0.15) is 0 Å². The normalized spacial score (nSPS) is 24.2. The summed E-state index contributed by atoms with van der Waals surface area (Å²) >= 11 is 0. The molecular weight excluding hydrogens is 212 g/mol. The van der Waals surface area contributed by atoms with Crippen LogP contribution in [0.5, 0.6) is 0 Å². The van der Waals surface area contributed by atoms with Crippen LogP contribution >= 0.6 is 0 Å². The smallest absolute Gasteiger partial charge is 0.330 e. The van der Waals surface area contributed by atoms with Gasteiger partial charge in [0.15, 0.2) is 0 Å². The van der Waals surface area contributed by atoms with Crippen LogP contribution < -0.4 is 0 Å². The number of carbonyl (C=O) groups is 1. The predicted octanol–water partition coefficient (Wildman–Crippen LogP) is 3.88. The molecule has 17 heavy (non-hydrogen) atoms. The van der Waals surface area contributed by atoms with Crippen molar-refractivity contribution >= 4 is 5.97 Å². The lowest BCUT2D eigenvalue weighted by Gasteiger charge is -2.39. The third-order valence-electron chi connectivity index (χ3n) is 4.01. The highest BCUT2D eigenvalue weighted by atomic mass is 16.5. The van der Waals surface area contributed by atoms with Crippen LogP contribution in [0.2, 0.25) is 0 Å². The molecule has 0 amide bonds. The molecule has 1 atom stereocenters. The lowest BCUT2D eigenvalue weighted by atomic mass is 9.66. The van der Waals surface area contributed by atoms with Gasteiger partial charge >= 0.3 is 5.97 Å². The Labute approximate surface area is 105 Å². The molecule has 1 rings (SSSR count). The van der Waals surface area contributed by atoms with Crippen LogP contribution in [0.3, 0.4) is 0 Å². The summed E-state index contributed by atoms with van der Waals surface area (Å²) in [6.07, 6.45) is 5.87. The Morgan fingerprint density at radius 2 is 2.18 bits per heavy atom. The monoisotopic (exact) mass is 236 g/mol. The Hall–Kier alpha value is -1.05. The number of ether oxygens (including phenoxy) is 1. The average molecular weight is 236 g/mol. The van der Waals surface area contributed by atoms with Crippen LogP contribution in [0.25, 0.3) is 0 Å². The molecule has 0 heterocycles. The van der Waals surface area contributed by atoms with E-state index >= 15 is 0 Å². The van der Waals surface area contributed by atoms with E-state index in [0.29, 0.717) is 12.5 Å². The second-order valence-corrected chi connectivity index (χ2v) is 5.44. The van der Waals surface area contributed by atoms with E-state index in [4.69, 9.17) is 4.74 Å². The Balaban J connectivity index is 2.90. The Morgan fingerprint density at radius 1 is 1.53 bits per heavy atom. The predicted molar refractivity (Wildman–Crippen MR) is 70.7 cm³/mol. The molecule has 0 aromatic rings. The van der Waals surface area contributed by atoms with Crippen molar-refractivity contribution < 1.29 is 9.53 Å². The number of allylic oxidation sites excluding steroid dienone is 3. The summed E-state index contributed by atoms with van der Waals surface area (Å²) in [7, 11) is 0. The summed E-state index contributed by atoms with van der Waals surface area (Å²) in [5, 5.41) is 0. The first-order valence-corrected chi connectivity index (χ1v) is 6.44. The minimum absolute atomic E-state index is 0.144. The number of hydrogen-bond acceptors (Lipinski definition) is 2. The second kappa shape index (κ2) is 5.52. The van der Waals surface area contributed by atoms with Gasteiger partial charge in [-0.1, -0.05) is 32.4 Å². The first-order chi connectivity index (χ1) is 7.89. The van der Waals surface area contributed by atoms with E-state index < -0.39 is 0 Å². The maximum atomic E-state index is 11.4. The topological polar surface area (TPSA) is 26.3 Å². The van der Waals surface area contributed by atoms with Gasteiger partial charge in [0.05, 0.1) is 6.61 Å². The van der Waals surface area contributed by atoms with Crippen LogP contribution in [-0.2, 0) is 9.53 Å². The average Bonchev–Trinajstić information content (AvgIpc) is 2.24. The molecule has 0 spiro atoms. The summed E-state index contributed by atoms with van der Waals surface area (Å²) in [5.41, 5.74) is 2.84. The highest BCUT2D eigenvalue weighted by molar-refractivity contribution is 5.82. The summed E-state index contributed by atoms with van der Waals surface area (Å²) in [5.74, 6) is 0.398. The molecule has 0 aromatic carbocycles.